The monoisotopic (exact) mass is 319 g/mol. The standard InChI is InChI=1S/C16H18BrNO/c1-2-3-12-4-7-14(8-5-12)19-11-13-6-9-15(17)16(18)10-13/h4-10H,2-3,11,18H2,1H3. The van der Waals surface area contributed by atoms with E-state index in [1.807, 2.05) is 30.3 Å². The Labute approximate surface area is 122 Å². The molecule has 0 aliphatic carbocycles. The SMILES string of the molecule is CCCc1ccc(OCc2ccc(Br)c(N)c2)cc1. The van der Waals surface area contributed by atoms with Gasteiger partial charge in [-0.05, 0) is 57.7 Å². The number of nitrogens with two attached hydrogens (primary N) is 1. The number of hydrogen-bond acceptors (Lipinski definition) is 2. The van der Waals surface area contributed by atoms with Crippen LogP contribution in [0.15, 0.2) is 46.9 Å². The molecule has 2 rings (SSSR count). The van der Waals surface area contributed by atoms with Crippen molar-refractivity contribution in [3.8, 4) is 5.75 Å². The summed E-state index contributed by atoms with van der Waals surface area (Å²) in [7, 11) is 0. The smallest absolute Gasteiger partial charge is 0.119 e. The highest BCUT2D eigenvalue weighted by Crippen LogP contribution is 2.21. The normalized spacial score (nSPS) is 10.4. The minimum atomic E-state index is 0.532. The van der Waals surface area contributed by atoms with Gasteiger partial charge in [0, 0.05) is 10.2 Å². The van der Waals surface area contributed by atoms with E-state index in [2.05, 4.69) is 35.0 Å². The van der Waals surface area contributed by atoms with Crippen LogP contribution in [0.5, 0.6) is 5.75 Å². The van der Waals surface area contributed by atoms with E-state index in [1.165, 1.54) is 12.0 Å². The quantitative estimate of drug-likeness (QED) is 0.820. The highest BCUT2D eigenvalue weighted by molar-refractivity contribution is 9.10. The third-order valence-electron chi connectivity index (χ3n) is 2.93. The van der Waals surface area contributed by atoms with Gasteiger partial charge in [0.1, 0.15) is 12.4 Å². The molecular formula is C16H18BrNO. The number of aryl methyl sites for hydroxylation is 1. The van der Waals surface area contributed by atoms with E-state index in [1.54, 1.807) is 0 Å². The molecule has 0 aromatic heterocycles. The molecule has 0 spiro atoms. The average molecular weight is 320 g/mol. The summed E-state index contributed by atoms with van der Waals surface area (Å²) in [4.78, 5) is 0. The predicted molar refractivity (Wildman–Crippen MR) is 83.3 cm³/mol. The van der Waals surface area contributed by atoms with Crippen molar-refractivity contribution in [3.05, 3.63) is 58.1 Å². The molecule has 19 heavy (non-hydrogen) atoms. The van der Waals surface area contributed by atoms with Crippen LogP contribution >= 0.6 is 15.9 Å². The molecule has 0 amide bonds. The van der Waals surface area contributed by atoms with Gasteiger partial charge < -0.3 is 10.5 Å². The fourth-order valence-corrected chi connectivity index (χ4v) is 2.14. The summed E-state index contributed by atoms with van der Waals surface area (Å²) in [5, 5.41) is 0. The molecule has 2 aromatic carbocycles. The van der Waals surface area contributed by atoms with E-state index in [0.29, 0.717) is 6.61 Å². The van der Waals surface area contributed by atoms with Crippen LogP contribution in [0.4, 0.5) is 5.69 Å². The Balaban J connectivity index is 1.96. The summed E-state index contributed by atoms with van der Waals surface area (Å²) in [5.41, 5.74) is 8.99. The zero-order valence-electron chi connectivity index (χ0n) is 11.0. The first-order chi connectivity index (χ1) is 9.19. The molecule has 2 aromatic rings. The summed E-state index contributed by atoms with van der Waals surface area (Å²) in [6.07, 6.45) is 2.28. The van der Waals surface area contributed by atoms with Gasteiger partial charge in [0.05, 0.1) is 0 Å². The summed E-state index contributed by atoms with van der Waals surface area (Å²) in [6.45, 7) is 2.72. The molecule has 0 atom stereocenters. The minimum absolute atomic E-state index is 0.532. The van der Waals surface area contributed by atoms with Crippen molar-refractivity contribution in [2.24, 2.45) is 0 Å². The van der Waals surface area contributed by atoms with Gasteiger partial charge in [-0.3, -0.25) is 0 Å². The van der Waals surface area contributed by atoms with Crippen LogP contribution in [-0.2, 0) is 13.0 Å². The van der Waals surface area contributed by atoms with Gasteiger partial charge in [-0.2, -0.15) is 0 Å². The summed E-state index contributed by atoms with van der Waals surface area (Å²) in [6, 6.07) is 14.2. The lowest BCUT2D eigenvalue weighted by Gasteiger charge is -2.08. The molecule has 0 saturated carbocycles. The lowest BCUT2D eigenvalue weighted by atomic mass is 10.1. The second-order valence-electron chi connectivity index (χ2n) is 4.54. The first-order valence-corrected chi connectivity index (χ1v) is 7.24. The van der Waals surface area contributed by atoms with E-state index < -0.39 is 0 Å². The third kappa shape index (κ3) is 4.00. The first kappa shape index (κ1) is 13.9. The minimum Gasteiger partial charge on any atom is -0.489 e. The molecule has 0 radical (unpaired) electrons. The van der Waals surface area contributed by atoms with Crippen molar-refractivity contribution in [1.82, 2.24) is 0 Å². The molecule has 0 fully saturated rings. The van der Waals surface area contributed by atoms with Gasteiger partial charge in [-0.25, -0.2) is 0 Å². The number of ether oxygens (including phenoxy) is 1. The maximum absolute atomic E-state index is 5.84. The van der Waals surface area contributed by atoms with Crippen molar-refractivity contribution in [1.29, 1.82) is 0 Å². The van der Waals surface area contributed by atoms with E-state index in [-0.39, 0.29) is 0 Å². The molecule has 0 aliphatic heterocycles. The number of anilines is 1. The van der Waals surface area contributed by atoms with Gasteiger partial charge in [0.25, 0.3) is 0 Å². The summed E-state index contributed by atoms with van der Waals surface area (Å²) in [5.74, 6) is 0.890. The fraction of sp³-hybridized carbons (Fsp3) is 0.250. The molecule has 2 nitrogen and oxygen atoms in total. The van der Waals surface area contributed by atoms with Crippen molar-refractivity contribution in [3.63, 3.8) is 0 Å². The van der Waals surface area contributed by atoms with Gasteiger partial charge in [-0.1, -0.05) is 31.5 Å². The Morgan fingerprint density at radius 2 is 1.74 bits per heavy atom. The van der Waals surface area contributed by atoms with E-state index in [4.69, 9.17) is 10.5 Å². The van der Waals surface area contributed by atoms with Gasteiger partial charge >= 0.3 is 0 Å². The predicted octanol–water partition coefficient (Wildman–Crippen LogP) is 4.56. The molecule has 0 unspecified atom stereocenters. The second-order valence-corrected chi connectivity index (χ2v) is 5.39. The maximum Gasteiger partial charge on any atom is 0.119 e. The Morgan fingerprint density at radius 3 is 2.37 bits per heavy atom. The number of rotatable bonds is 5. The number of benzene rings is 2. The molecule has 0 heterocycles. The lowest BCUT2D eigenvalue weighted by Crippen LogP contribution is -1.97. The Bertz CT molecular complexity index is 537. The molecule has 0 bridgehead atoms. The Hall–Kier alpha value is -1.48. The van der Waals surface area contributed by atoms with Gasteiger partial charge in [0.2, 0.25) is 0 Å². The molecular weight excluding hydrogens is 302 g/mol. The van der Waals surface area contributed by atoms with Gasteiger partial charge in [0.15, 0.2) is 0 Å². The zero-order chi connectivity index (χ0) is 13.7. The van der Waals surface area contributed by atoms with E-state index >= 15 is 0 Å². The van der Waals surface area contributed by atoms with Crippen LogP contribution in [0.3, 0.4) is 0 Å². The Kier molecular flexibility index (Phi) is 4.86. The van der Waals surface area contributed by atoms with Crippen LogP contribution in [0.1, 0.15) is 24.5 Å². The largest absolute Gasteiger partial charge is 0.489 e. The highest BCUT2D eigenvalue weighted by atomic mass is 79.9. The van der Waals surface area contributed by atoms with Crippen LogP contribution in [-0.4, -0.2) is 0 Å². The number of halogens is 1. The topological polar surface area (TPSA) is 35.2 Å². The van der Waals surface area contributed by atoms with Crippen LogP contribution < -0.4 is 10.5 Å². The van der Waals surface area contributed by atoms with Gasteiger partial charge in [-0.15, -0.1) is 0 Å². The lowest BCUT2D eigenvalue weighted by molar-refractivity contribution is 0.306. The molecule has 0 aliphatic rings. The Morgan fingerprint density at radius 1 is 1.05 bits per heavy atom. The molecule has 0 saturated heterocycles. The van der Waals surface area contributed by atoms with Crippen molar-refractivity contribution in [2.75, 3.05) is 5.73 Å². The van der Waals surface area contributed by atoms with Crippen molar-refractivity contribution < 1.29 is 4.74 Å². The van der Waals surface area contributed by atoms with Crippen LogP contribution in [0, 0.1) is 0 Å². The van der Waals surface area contributed by atoms with Crippen molar-refractivity contribution >= 4 is 21.6 Å². The first-order valence-electron chi connectivity index (χ1n) is 6.44. The molecule has 100 valence electrons. The second kappa shape index (κ2) is 6.62. The number of nitrogen functional groups attached to an aromatic ring is 1. The summed E-state index contributed by atoms with van der Waals surface area (Å²) < 4.78 is 6.67. The summed E-state index contributed by atoms with van der Waals surface area (Å²) >= 11 is 3.38. The average Bonchev–Trinajstić information content (AvgIpc) is 2.42. The van der Waals surface area contributed by atoms with E-state index in [9.17, 15) is 0 Å². The zero-order valence-corrected chi connectivity index (χ0v) is 12.6. The third-order valence-corrected chi connectivity index (χ3v) is 3.65. The number of hydrogen-bond donors (Lipinski definition) is 1. The molecule has 3 heteroatoms. The maximum atomic E-state index is 5.84. The fourth-order valence-electron chi connectivity index (χ4n) is 1.89. The van der Waals surface area contributed by atoms with Crippen molar-refractivity contribution in [2.45, 2.75) is 26.4 Å². The van der Waals surface area contributed by atoms with Crippen LogP contribution in [0.25, 0.3) is 0 Å². The van der Waals surface area contributed by atoms with Crippen LogP contribution in [0.2, 0.25) is 0 Å². The van der Waals surface area contributed by atoms with E-state index in [0.717, 1.165) is 27.9 Å². The highest BCUT2D eigenvalue weighted by Gasteiger charge is 2.00. The molecule has 2 N–H and O–H groups in total.